The summed E-state index contributed by atoms with van der Waals surface area (Å²) in [4.78, 5) is 14.6. The maximum absolute atomic E-state index is 13.9. The number of H-pyrrole nitrogens is 1. The second-order valence-electron chi connectivity index (χ2n) is 7.11. The number of halogens is 1. The number of methoxy groups -OCH3 is 1. The van der Waals surface area contributed by atoms with Gasteiger partial charge in [0, 0.05) is 25.2 Å². The van der Waals surface area contributed by atoms with Crippen LogP contribution in [0.5, 0.6) is 5.75 Å². The van der Waals surface area contributed by atoms with Crippen LogP contribution in [0, 0.1) is 5.82 Å². The molecule has 0 radical (unpaired) electrons. The number of benzene rings is 2. The van der Waals surface area contributed by atoms with Crippen LogP contribution in [0.3, 0.4) is 0 Å². The number of carbonyl (C=O) groups excluding carboxylic acids is 1. The van der Waals surface area contributed by atoms with E-state index in [4.69, 9.17) is 4.74 Å². The lowest BCUT2D eigenvalue weighted by Gasteiger charge is -2.33. The van der Waals surface area contributed by atoms with Crippen LogP contribution in [-0.4, -0.2) is 42.3 Å². The van der Waals surface area contributed by atoms with Gasteiger partial charge in [-0.3, -0.25) is 9.89 Å². The van der Waals surface area contributed by atoms with E-state index in [9.17, 15) is 9.18 Å². The number of nitrogens with one attached hydrogen (secondary N) is 2. The molecular formula is C22H23FN4O2. The van der Waals surface area contributed by atoms with E-state index < -0.39 is 5.82 Å². The number of carbonyl (C=O) groups is 1. The summed E-state index contributed by atoms with van der Waals surface area (Å²) in [7, 11) is 1.64. The number of nitrogens with zero attached hydrogens (tertiary/aromatic N) is 2. The third-order valence-corrected chi connectivity index (χ3v) is 5.16. The molecule has 1 saturated heterocycles. The summed E-state index contributed by atoms with van der Waals surface area (Å²) in [6.45, 7) is 1.49. The first-order valence-electron chi connectivity index (χ1n) is 9.64. The van der Waals surface area contributed by atoms with Crippen LogP contribution in [0.15, 0.2) is 54.6 Å². The van der Waals surface area contributed by atoms with Crippen molar-refractivity contribution in [2.24, 2.45) is 0 Å². The zero-order valence-electron chi connectivity index (χ0n) is 16.2. The van der Waals surface area contributed by atoms with Crippen LogP contribution >= 0.6 is 0 Å². The fraction of sp³-hybridized carbons (Fsp3) is 0.273. The van der Waals surface area contributed by atoms with E-state index in [-0.39, 0.29) is 17.5 Å². The Morgan fingerprint density at radius 1 is 1.24 bits per heavy atom. The molecule has 0 aliphatic carbocycles. The molecule has 0 saturated carbocycles. The number of amides is 1. The van der Waals surface area contributed by atoms with Crippen molar-refractivity contribution in [3.63, 3.8) is 0 Å². The Labute approximate surface area is 168 Å². The molecule has 1 unspecified atom stereocenters. The Balaban J connectivity index is 1.43. The predicted molar refractivity (Wildman–Crippen MR) is 110 cm³/mol. The van der Waals surface area contributed by atoms with Crippen LogP contribution in [0.25, 0.3) is 11.3 Å². The van der Waals surface area contributed by atoms with Gasteiger partial charge in [-0.1, -0.05) is 12.1 Å². The second kappa shape index (κ2) is 8.34. The van der Waals surface area contributed by atoms with Crippen molar-refractivity contribution in [3.05, 3.63) is 66.0 Å². The summed E-state index contributed by atoms with van der Waals surface area (Å²) in [6, 6.07) is 15.7. The van der Waals surface area contributed by atoms with Gasteiger partial charge in [0.25, 0.3) is 5.91 Å². The average molecular weight is 394 g/mol. The van der Waals surface area contributed by atoms with Gasteiger partial charge in [-0.15, -0.1) is 0 Å². The van der Waals surface area contributed by atoms with Gasteiger partial charge in [0.2, 0.25) is 0 Å². The maximum Gasteiger partial charge on any atom is 0.254 e. The third-order valence-electron chi connectivity index (χ3n) is 5.16. The van der Waals surface area contributed by atoms with E-state index in [0.717, 1.165) is 42.2 Å². The molecule has 0 spiro atoms. The van der Waals surface area contributed by atoms with Gasteiger partial charge in [0.05, 0.1) is 18.4 Å². The van der Waals surface area contributed by atoms with Crippen molar-refractivity contribution in [1.82, 2.24) is 15.5 Å². The molecule has 2 N–H and O–H groups in total. The highest BCUT2D eigenvalue weighted by atomic mass is 19.1. The molecule has 1 amide bonds. The van der Waals surface area contributed by atoms with E-state index in [1.165, 1.54) is 12.1 Å². The van der Waals surface area contributed by atoms with Gasteiger partial charge in [-0.2, -0.15) is 5.10 Å². The van der Waals surface area contributed by atoms with Crippen molar-refractivity contribution in [2.75, 3.05) is 25.1 Å². The van der Waals surface area contributed by atoms with Gasteiger partial charge in [-0.25, -0.2) is 4.39 Å². The first-order chi connectivity index (χ1) is 14.1. The van der Waals surface area contributed by atoms with E-state index in [1.807, 2.05) is 30.3 Å². The highest BCUT2D eigenvalue weighted by molar-refractivity contribution is 5.94. The topological polar surface area (TPSA) is 70.2 Å². The second-order valence-corrected chi connectivity index (χ2v) is 7.11. The molecule has 0 bridgehead atoms. The van der Waals surface area contributed by atoms with Gasteiger partial charge < -0.3 is 15.0 Å². The zero-order chi connectivity index (χ0) is 20.2. The van der Waals surface area contributed by atoms with Gasteiger partial charge in [0.15, 0.2) is 5.82 Å². The fourth-order valence-corrected chi connectivity index (χ4v) is 3.60. The van der Waals surface area contributed by atoms with Gasteiger partial charge >= 0.3 is 0 Å². The summed E-state index contributed by atoms with van der Waals surface area (Å²) in [6.07, 6.45) is 1.78. The van der Waals surface area contributed by atoms with Crippen LogP contribution in [0.4, 0.5) is 10.2 Å². The minimum absolute atomic E-state index is 0.0583. The lowest BCUT2D eigenvalue weighted by molar-refractivity contribution is 0.0929. The summed E-state index contributed by atoms with van der Waals surface area (Å²) < 4.78 is 19.1. The predicted octanol–water partition coefficient (Wildman–Crippen LogP) is 3.62. The smallest absolute Gasteiger partial charge is 0.254 e. The molecule has 1 fully saturated rings. The maximum atomic E-state index is 13.9. The molecule has 1 atom stereocenters. The number of aromatic amines is 1. The fourth-order valence-electron chi connectivity index (χ4n) is 3.60. The molecule has 4 rings (SSSR count). The van der Waals surface area contributed by atoms with Gasteiger partial charge in [0.1, 0.15) is 11.6 Å². The number of aromatic nitrogens is 2. The molecule has 1 aliphatic heterocycles. The minimum Gasteiger partial charge on any atom is -0.497 e. The Hall–Kier alpha value is -3.35. The summed E-state index contributed by atoms with van der Waals surface area (Å²) in [5.74, 6) is 0.753. The van der Waals surface area contributed by atoms with E-state index in [0.29, 0.717) is 6.54 Å². The Morgan fingerprint density at radius 3 is 2.79 bits per heavy atom. The van der Waals surface area contributed by atoms with E-state index in [2.05, 4.69) is 20.4 Å². The molecule has 1 aromatic heterocycles. The minimum atomic E-state index is -0.505. The van der Waals surface area contributed by atoms with Crippen molar-refractivity contribution >= 4 is 11.7 Å². The molecule has 7 heteroatoms. The molecule has 2 aromatic carbocycles. The van der Waals surface area contributed by atoms with Crippen molar-refractivity contribution in [3.8, 4) is 17.0 Å². The first-order valence-corrected chi connectivity index (χ1v) is 9.64. The highest BCUT2D eigenvalue weighted by Crippen LogP contribution is 2.25. The van der Waals surface area contributed by atoms with Crippen molar-refractivity contribution < 1.29 is 13.9 Å². The zero-order valence-corrected chi connectivity index (χ0v) is 16.2. The Bertz CT molecular complexity index is 986. The monoisotopic (exact) mass is 394 g/mol. The normalized spacial score (nSPS) is 16.5. The molecule has 2 heterocycles. The summed E-state index contributed by atoms with van der Waals surface area (Å²) in [5, 5.41) is 10.5. The average Bonchev–Trinajstić information content (AvgIpc) is 3.24. The number of piperidine rings is 1. The van der Waals surface area contributed by atoms with Crippen LogP contribution in [0.2, 0.25) is 0 Å². The SMILES string of the molecule is COc1ccc(-c2cc(N3CCCC(NC(=O)c4ccccc4F)C3)n[nH]2)cc1. The molecule has 1 aliphatic rings. The first kappa shape index (κ1) is 19.0. The van der Waals surface area contributed by atoms with E-state index in [1.54, 1.807) is 19.2 Å². The molecule has 3 aromatic rings. The molecule has 150 valence electrons. The molecule has 29 heavy (non-hydrogen) atoms. The van der Waals surface area contributed by atoms with Crippen molar-refractivity contribution in [2.45, 2.75) is 18.9 Å². The summed E-state index contributed by atoms with van der Waals surface area (Å²) in [5.41, 5.74) is 2.01. The number of anilines is 1. The number of rotatable bonds is 5. The lowest BCUT2D eigenvalue weighted by atomic mass is 10.0. The number of ether oxygens (including phenoxy) is 1. The van der Waals surface area contributed by atoms with Gasteiger partial charge in [-0.05, 0) is 54.8 Å². The number of hydrogen-bond donors (Lipinski definition) is 2. The summed E-state index contributed by atoms with van der Waals surface area (Å²) >= 11 is 0. The van der Waals surface area contributed by atoms with E-state index >= 15 is 0 Å². The third kappa shape index (κ3) is 4.23. The largest absolute Gasteiger partial charge is 0.497 e. The Kier molecular flexibility index (Phi) is 5.46. The van der Waals surface area contributed by atoms with Crippen LogP contribution in [0.1, 0.15) is 23.2 Å². The van der Waals surface area contributed by atoms with Crippen LogP contribution in [-0.2, 0) is 0 Å². The van der Waals surface area contributed by atoms with Crippen LogP contribution < -0.4 is 15.0 Å². The quantitative estimate of drug-likeness (QED) is 0.693. The number of hydrogen-bond acceptors (Lipinski definition) is 4. The van der Waals surface area contributed by atoms with Crippen molar-refractivity contribution in [1.29, 1.82) is 0 Å². The highest BCUT2D eigenvalue weighted by Gasteiger charge is 2.24. The lowest BCUT2D eigenvalue weighted by Crippen LogP contribution is -2.48. The standard InChI is InChI=1S/C22H23FN4O2/c1-29-17-10-8-15(9-11-17)20-13-21(26-25-20)27-12-4-5-16(14-27)24-22(28)18-6-2-3-7-19(18)23/h2-3,6-11,13,16H,4-5,12,14H2,1H3,(H,24,28)(H,25,26). The molecular weight excluding hydrogens is 371 g/mol. The Morgan fingerprint density at radius 2 is 2.03 bits per heavy atom. The molecule has 6 nitrogen and oxygen atoms in total.